The number of nitrogens with zero attached hydrogens (tertiary/aromatic N) is 2. The van der Waals surface area contributed by atoms with Gasteiger partial charge in [0.1, 0.15) is 17.1 Å². The molecule has 0 spiro atoms. The summed E-state index contributed by atoms with van der Waals surface area (Å²) in [6.45, 7) is 0.0701. The standard InChI is InChI=1S/C18H16ClN3O4/c1-24-13-4-3-5-14(25-2)16(13)17(23)20-10-15-21-22-18(26-15)11-6-8-12(19)9-7-11/h3-9H,10H2,1-2H3,(H,20,23). The van der Waals surface area contributed by atoms with Crippen LogP contribution in [0.4, 0.5) is 0 Å². The van der Waals surface area contributed by atoms with Gasteiger partial charge in [-0.05, 0) is 36.4 Å². The molecule has 0 unspecified atom stereocenters. The van der Waals surface area contributed by atoms with Gasteiger partial charge in [-0.25, -0.2) is 0 Å². The minimum atomic E-state index is -0.370. The normalized spacial score (nSPS) is 10.4. The number of nitrogens with one attached hydrogen (secondary N) is 1. The third-order valence-electron chi connectivity index (χ3n) is 3.61. The molecule has 0 bridgehead atoms. The first-order valence-electron chi connectivity index (χ1n) is 7.70. The molecular weight excluding hydrogens is 358 g/mol. The van der Waals surface area contributed by atoms with Crippen molar-refractivity contribution in [1.29, 1.82) is 0 Å². The van der Waals surface area contributed by atoms with Crippen molar-refractivity contribution in [2.75, 3.05) is 14.2 Å². The SMILES string of the molecule is COc1cccc(OC)c1C(=O)NCc1nnc(-c2ccc(Cl)cc2)o1. The Morgan fingerprint density at radius 3 is 2.35 bits per heavy atom. The van der Waals surface area contributed by atoms with Crippen molar-refractivity contribution in [2.45, 2.75) is 6.54 Å². The van der Waals surface area contributed by atoms with Crippen molar-refractivity contribution < 1.29 is 18.7 Å². The van der Waals surface area contributed by atoms with Gasteiger partial charge in [0.25, 0.3) is 5.91 Å². The highest BCUT2D eigenvalue weighted by Gasteiger charge is 2.19. The van der Waals surface area contributed by atoms with E-state index >= 15 is 0 Å². The zero-order valence-electron chi connectivity index (χ0n) is 14.2. The lowest BCUT2D eigenvalue weighted by Crippen LogP contribution is -2.24. The van der Waals surface area contributed by atoms with Crippen LogP contribution in [0.15, 0.2) is 46.9 Å². The van der Waals surface area contributed by atoms with Crippen molar-refractivity contribution in [2.24, 2.45) is 0 Å². The first-order valence-corrected chi connectivity index (χ1v) is 8.07. The molecule has 0 atom stereocenters. The number of rotatable bonds is 6. The Bertz CT molecular complexity index is 887. The fraction of sp³-hybridized carbons (Fsp3) is 0.167. The van der Waals surface area contributed by atoms with E-state index in [0.29, 0.717) is 28.0 Å². The summed E-state index contributed by atoms with van der Waals surface area (Å²) in [5.74, 6) is 1.08. The van der Waals surface area contributed by atoms with Crippen molar-refractivity contribution in [3.05, 3.63) is 58.9 Å². The van der Waals surface area contributed by atoms with Crippen LogP contribution < -0.4 is 14.8 Å². The second kappa shape index (κ2) is 7.88. The van der Waals surface area contributed by atoms with E-state index < -0.39 is 0 Å². The molecule has 1 amide bonds. The summed E-state index contributed by atoms with van der Waals surface area (Å²) in [7, 11) is 2.98. The van der Waals surface area contributed by atoms with Crippen molar-refractivity contribution in [3.8, 4) is 23.0 Å². The average molecular weight is 374 g/mol. The molecule has 0 fully saturated rings. The molecule has 0 aliphatic carbocycles. The van der Waals surface area contributed by atoms with Gasteiger partial charge in [0.2, 0.25) is 11.8 Å². The maximum atomic E-state index is 12.5. The molecule has 3 rings (SSSR count). The van der Waals surface area contributed by atoms with Crippen LogP contribution in [0.25, 0.3) is 11.5 Å². The molecule has 134 valence electrons. The van der Waals surface area contributed by atoms with E-state index in [1.165, 1.54) is 14.2 Å². The fourth-order valence-electron chi connectivity index (χ4n) is 2.35. The fourth-order valence-corrected chi connectivity index (χ4v) is 2.48. The molecule has 26 heavy (non-hydrogen) atoms. The maximum Gasteiger partial charge on any atom is 0.259 e. The van der Waals surface area contributed by atoms with Crippen molar-refractivity contribution in [3.63, 3.8) is 0 Å². The summed E-state index contributed by atoms with van der Waals surface area (Å²) in [4.78, 5) is 12.5. The number of halogens is 1. The quantitative estimate of drug-likeness (QED) is 0.713. The molecule has 7 nitrogen and oxygen atoms in total. The largest absolute Gasteiger partial charge is 0.496 e. The molecule has 3 aromatic rings. The van der Waals surface area contributed by atoms with E-state index in [2.05, 4.69) is 15.5 Å². The number of hydrogen-bond acceptors (Lipinski definition) is 6. The van der Waals surface area contributed by atoms with Crippen LogP contribution in [-0.2, 0) is 6.54 Å². The molecule has 0 saturated carbocycles. The third-order valence-corrected chi connectivity index (χ3v) is 3.87. The monoisotopic (exact) mass is 373 g/mol. The Balaban J connectivity index is 1.72. The highest BCUT2D eigenvalue weighted by Crippen LogP contribution is 2.28. The molecule has 1 N–H and O–H groups in total. The van der Waals surface area contributed by atoms with Crippen LogP contribution in [0.2, 0.25) is 5.02 Å². The van der Waals surface area contributed by atoms with Crippen LogP contribution in [-0.4, -0.2) is 30.3 Å². The summed E-state index contributed by atoms with van der Waals surface area (Å²) in [5, 5.41) is 11.3. The lowest BCUT2D eigenvalue weighted by molar-refractivity contribution is 0.0941. The van der Waals surface area contributed by atoms with Gasteiger partial charge in [0.15, 0.2) is 0 Å². The zero-order valence-corrected chi connectivity index (χ0v) is 14.9. The smallest absolute Gasteiger partial charge is 0.259 e. The average Bonchev–Trinajstić information content (AvgIpc) is 3.15. The molecule has 0 aliphatic heterocycles. The second-order valence-corrected chi connectivity index (χ2v) is 5.66. The predicted molar refractivity (Wildman–Crippen MR) is 95.5 cm³/mol. The van der Waals surface area contributed by atoms with Gasteiger partial charge in [0.05, 0.1) is 20.8 Å². The van der Waals surface area contributed by atoms with Gasteiger partial charge in [-0.2, -0.15) is 0 Å². The second-order valence-electron chi connectivity index (χ2n) is 5.23. The molecule has 0 aliphatic rings. The van der Waals surface area contributed by atoms with Gasteiger partial charge >= 0.3 is 0 Å². The first kappa shape index (κ1) is 17.8. The van der Waals surface area contributed by atoms with Gasteiger partial charge in [-0.15, -0.1) is 10.2 Å². The summed E-state index contributed by atoms with van der Waals surface area (Å²) < 4.78 is 16.0. The number of hydrogen-bond donors (Lipinski definition) is 1. The topological polar surface area (TPSA) is 86.5 Å². The molecule has 0 saturated heterocycles. The van der Waals surface area contributed by atoms with Gasteiger partial charge in [-0.3, -0.25) is 4.79 Å². The number of benzene rings is 2. The van der Waals surface area contributed by atoms with Crippen LogP contribution in [0.1, 0.15) is 16.2 Å². The summed E-state index contributed by atoms with van der Waals surface area (Å²) in [6.07, 6.45) is 0. The maximum absolute atomic E-state index is 12.5. The lowest BCUT2D eigenvalue weighted by atomic mass is 10.1. The number of aromatic nitrogens is 2. The molecule has 8 heteroatoms. The van der Waals surface area contributed by atoms with Gasteiger partial charge in [0, 0.05) is 10.6 Å². The van der Waals surface area contributed by atoms with Crippen LogP contribution in [0, 0.1) is 0 Å². The van der Waals surface area contributed by atoms with Crippen molar-refractivity contribution >= 4 is 17.5 Å². The predicted octanol–water partition coefficient (Wildman–Crippen LogP) is 3.34. The Morgan fingerprint density at radius 1 is 1.08 bits per heavy atom. The molecule has 0 radical (unpaired) electrons. The Morgan fingerprint density at radius 2 is 1.73 bits per heavy atom. The molecule has 1 aromatic heterocycles. The first-order chi connectivity index (χ1) is 12.6. The van der Waals surface area contributed by atoms with E-state index in [-0.39, 0.29) is 18.3 Å². The van der Waals surface area contributed by atoms with Crippen LogP contribution >= 0.6 is 11.6 Å². The molecule has 2 aromatic carbocycles. The Labute approximate surface area is 154 Å². The third kappa shape index (κ3) is 3.78. The highest BCUT2D eigenvalue weighted by molar-refractivity contribution is 6.30. The van der Waals surface area contributed by atoms with Gasteiger partial charge in [-0.1, -0.05) is 17.7 Å². The van der Waals surface area contributed by atoms with Gasteiger partial charge < -0.3 is 19.2 Å². The summed E-state index contributed by atoms with van der Waals surface area (Å²) in [6, 6.07) is 12.1. The minimum absolute atomic E-state index is 0.0701. The molecular formula is C18H16ClN3O4. The van der Waals surface area contributed by atoms with Crippen LogP contribution in [0.5, 0.6) is 11.5 Å². The van der Waals surface area contributed by atoms with E-state index in [4.69, 9.17) is 25.5 Å². The number of amides is 1. The number of ether oxygens (including phenoxy) is 2. The van der Waals surface area contributed by atoms with E-state index in [0.717, 1.165) is 5.56 Å². The summed E-state index contributed by atoms with van der Waals surface area (Å²) in [5.41, 5.74) is 1.04. The van der Waals surface area contributed by atoms with E-state index in [1.807, 2.05) is 0 Å². The highest BCUT2D eigenvalue weighted by atomic mass is 35.5. The van der Waals surface area contributed by atoms with Crippen LogP contribution in [0.3, 0.4) is 0 Å². The van der Waals surface area contributed by atoms with Crippen molar-refractivity contribution in [1.82, 2.24) is 15.5 Å². The number of methoxy groups -OCH3 is 2. The molecule has 1 heterocycles. The number of carbonyl (C=O) groups excluding carboxylic acids is 1. The Kier molecular flexibility index (Phi) is 5.38. The Hall–Kier alpha value is -3.06. The summed E-state index contributed by atoms with van der Waals surface area (Å²) >= 11 is 5.86. The minimum Gasteiger partial charge on any atom is -0.496 e. The number of carbonyl (C=O) groups is 1. The van der Waals surface area contributed by atoms with E-state index in [9.17, 15) is 4.79 Å². The zero-order chi connectivity index (χ0) is 18.5. The lowest BCUT2D eigenvalue weighted by Gasteiger charge is -2.12. The van der Waals surface area contributed by atoms with E-state index in [1.54, 1.807) is 42.5 Å².